The lowest BCUT2D eigenvalue weighted by Gasteiger charge is -2.44. The lowest BCUT2D eigenvalue weighted by atomic mass is 10.0. The Morgan fingerprint density at radius 1 is 1.23 bits per heavy atom. The van der Waals surface area contributed by atoms with Crippen LogP contribution in [0.1, 0.15) is 19.5 Å². The molecule has 0 N–H and O–H groups in total. The van der Waals surface area contributed by atoms with Crippen molar-refractivity contribution in [3.8, 4) is 0 Å². The Balaban J connectivity index is 1.68. The van der Waals surface area contributed by atoms with Gasteiger partial charge in [-0.3, -0.25) is 14.8 Å². The number of ether oxygens (including phenoxy) is 2. The Hall–Kier alpha value is -1.01. The van der Waals surface area contributed by atoms with Gasteiger partial charge in [0.25, 0.3) is 0 Å². The maximum absolute atomic E-state index is 6.21. The van der Waals surface area contributed by atoms with E-state index in [1.807, 2.05) is 18.3 Å². The molecule has 0 bridgehead atoms. The molecular formula is C17H27N3O2. The van der Waals surface area contributed by atoms with Crippen molar-refractivity contribution < 1.29 is 9.47 Å². The van der Waals surface area contributed by atoms with Crippen LogP contribution in [0.25, 0.3) is 0 Å². The van der Waals surface area contributed by atoms with Gasteiger partial charge < -0.3 is 9.47 Å². The number of rotatable bonds is 3. The molecule has 2 aliphatic heterocycles. The smallest absolute Gasteiger partial charge is 0.117 e. The minimum atomic E-state index is -0.201. The molecule has 22 heavy (non-hydrogen) atoms. The number of nitrogens with zero attached hydrogens (tertiary/aromatic N) is 3. The Labute approximate surface area is 133 Å². The third kappa shape index (κ3) is 3.84. The van der Waals surface area contributed by atoms with Gasteiger partial charge in [-0.05, 0) is 26.0 Å². The van der Waals surface area contributed by atoms with Crippen LogP contribution in [0.4, 0.5) is 0 Å². The summed E-state index contributed by atoms with van der Waals surface area (Å²) in [5, 5.41) is 0. The van der Waals surface area contributed by atoms with Gasteiger partial charge in [-0.15, -0.1) is 0 Å². The Morgan fingerprint density at radius 2 is 2.14 bits per heavy atom. The first-order chi connectivity index (χ1) is 10.7. The Morgan fingerprint density at radius 3 is 2.91 bits per heavy atom. The van der Waals surface area contributed by atoms with E-state index in [2.05, 4.69) is 34.7 Å². The average molecular weight is 305 g/mol. The van der Waals surface area contributed by atoms with Crippen LogP contribution in [-0.2, 0) is 16.0 Å². The van der Waals surface area contributed by atoms with Gasteiger partial charge >= 0.3 is 0 Å². The SMILES string of the molecule is CC(C)N1CCOC[C@]2(CN(Cc3ccccn3)CCO2)C1. The highest BCUT2D eigenvalue weighted by Gasteiger charge is 2.40. The van der Waals surface area contributed by atoms with Gasteiger partial charge in [0.2, 0.25) is 0 Å². The molecule has 0 aliphatic carbocycles. The van der Waals surface area contributed by atoms with Crippen molar-refractivity contribution in [3.05, 3.63) is 30.1 Å². The Kier molecular flexibility index (Phi) is 5.08. The summed E-state index contributed by atoms with van der Waals surface area (Å²) in [4.78, 5) is 9.36. The molecule has 2 saturated heterocycles. The van der Waals surface area contributed by atoms with Gasteiger partial charge in [-0.2, -0.15) is 0 Å². The lowest BCUT2D eigenvalue weighted by Crippen LogP contribution is -2.59. The maximum atomic E-state index is 6.21. The van der Waals surface area contributed by atoms with Crippen molar-refractivity contribution in [2.24, 2.45) is 0 Å². The third-order valence-corrected chi connectivity index (χ3v) is 4.55. The molecule has 0 radical (unpaired) electrons. The minimum absolute atomic E-state index is 0.201. The van der Waals surface area contributed by atoms with Gasteiger partial charge in [-0.25, -0.2) is 0 Å². The molecule has 3 heterocycles. The van der Waals surface area contributed by atoms with Crippen LogP contribution in [-0.4, -0.2) is 72.4 Å². The molecule has 5 nitrogen and oxygen atoms in total. The fourth-order valence-electron chi connectivity index (χ4n) is 3.34. The number of hydrogen-bond acceptors (Lipinski definition) is 5. The van der Waals surface area contributed by atoms with Gasteiger partial charge in [0.15, 0.2) is 0 Å². The van der Waals surface area contributed by atoms with Crippen LogP contribution >= 0.6 is 0 Å². The average Bonchev–Trinajstić information content (AvgIpc) is 2.71. The molecule has 3 rings (SSSR count). The van der Waals surface area contributed by atoms with Crippen molar-refractivity contribution in [2.45, 2.75) is 32.0 Å². The first kappa shape index (κ1) is 15.9. The molecule has 122 valence electrons. The van der Waals surface area contributed by atoms with E-state index >= 15 is 0 Å². The van der Waals surface area contributed by atoms with Crippen molar-refractivity contribution >= 4 is 0 Å². The predicted molar refractivity (Wildman–Crippen MR) is 85.7 cm³/mol. The second kappa shape index (κ2) is 7.04. The second-order valence-corrected chi connectivity index (χ2v) is 6.68. The fraction of sp³-hybridized carbons (Fsp3) is 0.706. The highest BCUT2D eigenvalue weighted by Crippen LogP contribution is 2.24. The molecule has 5 heteroatoms. The van der Waals surface area contributed by atoms with E-state index in [-0.39, 0.29) is 5.60 Å². The number of morpholine rings is 1. The largest absolute Gasteiger partial charge is 0.377 e. The van der Waals surface area contributed by atoms with Gasteiger partial charge in [0, 0.05) is 45.0 Å². The molecule has 1 spiro atoms. The zero-order valence-electron chi connectivity index (χ0n) is 13.7. The zero-order chi connectivity index (χ0) is 15.4. The highest BCUT2D eigenvalue weighted by atomic mass is 16.5. The summed E-state index contributed by atoms with van der Waals surface area (Å²) in [5.41, 5.74) is 0.920. The number of pyridine rings is 1. The molecule has 1 aromatic heterocycles. The van der Waals surface area contributed by atoms with E-state index in [0.29, 0.717) is 12.6 Å². The normalized spacial score (nSPS) is 28.1. The summed E-state index contributed by atoms with van der Waals surface area (Å²) in [6, 6.07) is 6.62. The van der Waals surface area contributed by atoms with Crippen molar-refractivity contribution in [1.29, 1.82) is 0 Å². The molecule has 1 aromatic rings. The second-order valence-electron chi connectivity index (χ2n) is 6.68. The van der Waals surface area contributed by atoms with E-state index in [1.165, 1.54) is 0 Å². The zero-order valence-corrected chi connectivity index (χ0v) is 13.7. The molecule has 0 aromatic carbocycles. The summed E-state index contributed by atoms with van der Waals surface area (Å²) in [5.74, 6) is 0. The van der Waals surface area contributed by atoms with Crippen molar-refractivity contribution in [3.63, 3.8) is 0 Å². The summed E-state index contributed by atoms with van der Waals surface area (Å²) in [6.45, 7) is 11.4. The molecule has 0 saturated carbocycles. The first-order valence-electron chi connectivity index (χ1n) is 8.25. The lowest BCUT2D eigenvalue weighted by molar-refractivity contribution is -0.144. The van der Waals surface area contributed by atoms with E-state index in [0.717, 1.165) is 51.6 Å². The monoisotopic (exact) mass is 305 g/mol. The molecule has 0 unspecified atom stereocenters. The standard InChI is InChI=1S/C17H27N3O2/c1-15(2)20-8-9-21-14-17(13-20)12-19(7-10-22-17)11-16-5-3-4-6-18-16/h3-6,15H,7-14H2,1-2H3/t17-/m0/s1. The van der Waals surface area contributed by atoms with E-state index < -0.39 is 0 Å². The number of hydrogen-bond donors (Lipinski definition) is 0. The topological polar surface area (TPSA) is 37.8 Å². The summed E-state index contributed by atoms with van der Waals surface area (Å²) >= 11 is 0. The number of aromatic nitrogens is 1. The molecule has 1 atom stereocenters. The third-order valence-electron chi connectivity index (χ3n) is 4.55. The van der Waals surface area contributed by atoms with E-state index in [4.69, 9.17) is 9.47 Å². The van der Waals surface area contributed by atoms with E-state index in [9.17, 15) is 0 Å². The Bertz CT molecular complexity index is 468. The van der Waals surface area contributed by atoms with Crippen LogP contribution in [0.15, 0.2) is 24.4 Å². The summed E-state index contributed by atoms with van der Waals surface area (Å²) in [7, 11) is 0. The van der Waals surface area contributed by atoms with Crippen LogP contribution in [0.5, 0.6) is 0 Å². The van der Waals surface area contributed by atoms with Crippen molar-refractivity contribution in [2.75, 3.05) is 46.0 Å². The molecule has 2 fully saturated rings. The van der Waals surface area contributed by atoms with Gasteiger partial charge in [-0.1, -0.05) is 6.07 Å². The predicted octanol–water partition coefficient (Wildman–Crippen LogP) is 1.39. The van der Waals surface area contributed by atoms with Crippen LogP contribution in [0.3, 0.4) is 0 Å². The molecule has 2 aliphatic rings. The van der Waals surface area contributed by atoms with Crippen LogP contribution < -0.4 is 0 Å². The summed E-state index contributed by atoms with van der Waals surface area (Å²) in [6.07, 6.45) is 1.86. The minimum Gasteiger partial charge on any atom is -0.377 e. The maximum Gasteiger partial charge on any atom is 0.117 e. The quantitative estimate of drug-likeness (QED) is 0.844. The highest BCUT2D eigenvalue weighted by molar-refractivity contribution is 5.04. The fourth-order valence-corrected chi connectivity index (χ4v) is 3.34. The molecular weight excluding hydrogens is 278 g/mol. The van der Waals surface area contributed by atoms with E-state index in [1.54, 1.807) is 0 Å². The molecule has 0 amide bonds. The first-order valence-corrected chi connectivity index (χ1v) is 8.25. The van der Waals surface area contributed by atoms with Crippen LogP contribution in [0.2, 0.25) is 0 Å². The van der Waals surface area contributed by atoms with Gasteiger partial charge in [0.1, 0.15) is 5.60 Å². The van der Waals surface area contributed by atoms with Gasteiger partial charge in [0.05, 0.1) is 25.5 Å². The van der Waals surface area contributed by atoms with Crippen molar-refractivity contribution in [1.82, 2.24) is 14.8 Å². The summed E-state index contributed by atoms with van der Waals surface area (Å²) < 4.78 is 12.1. The van der Waals surface area contributed by atoms with Crippen LogP contribution in [0, 0.1) is 0 Å².